The number of aromatic nitrogens is 1. The number of hydrogen-bond acceptors (Lipinski definition) is 4. The van der Waals surface area contributed by atoms with Crippen LogP contribution in [0.1, 0.15) is 22.8 Å². The van der Waals surface area contributed by atoms with Gasteiger partial charge in [0.1, 0.15) is 0 Å². The number of nitrogens with zero attached hydrogens (tertiary/aromatic N) is 2. The molecule has 0 saturated heterocycles. The Kier molecular flexibility index (Phi) is 4.30. The molecule has 0 aliphatic carbocycles. The monoisotopic (exact) mass is 325 g/mol. The number of carbonyl (C=O) groups is 1. The topological polar surface area (TPSA) is 45.2 Å². The van der Waals surface area contributed by atoms with Gasteiger partial charge < -0.3 is 4.90 Å². The van der Waals surface area contributed by atoms with Gasteiger partial charge in [-0.3, -0.25) is 10.1 Å². The maximum absolute atomic E-state index is 12.5. The molecule has 0 aliphatic rings. The van der Waals surface area contributed by atoms with E-state index in [0.717, 1.165) is 22.3 Å². The van der Waals surface area contributed by atoms with E-state index in [4.69, 9.17) is 0 Å². The number of fused-ring (bicyclic) bond motifs is 1. The molecule has 0 bridgehead atoms. The first-order valence-electron chi connectivity index (χ1n) is 7.55. The van der Waals surface area contributed by atoms with E-state index in [2.05, 4.69) is 23.3 Å². The average molecular weight is 325 g/mol. The average Bonchev–Trinajstić information content (AvgIpc) is 2.97. The highest BCUT2D eigenvalue weighted by atomic mass is 32.1. The normalized spacial score (nSPS) is 10.7. The molecule has 1 heterocycles. The molecule has 0 radical (unpaired) electrons. The molecule has 0 fully saturated rings. The summed E-state index contributed by atoms with van der Waals surface area (Å²) in [7, 11) is 3.91. The molecule has 0 spiro atoms. The van der Waals surface area contributed by atoms with Crippen LogP contribution in [0.15, 0.2) is 42.5 Å². The maximum Gasteiger partial charge on any atom is 0.257 e. The zero-order valence-electron chi connectivity index (χ0n) is 13.5. The highest BCUT2D eigenvalue weighted by Crippen LogP contribution is 2.29. The van der Waals surface area contributed by atoms with E-state index < -0.39 is 0 Å². The third kappa shape index (κ3) is 3.19. The molecule has 5 heteroatoms. The van der Waals surface area contributed by atoms with Gasteiger partial charge in [-0.2, -0.15) is 0 Å². The van der Waals surface area contributed by atoms with Gasteiger partial charge in [-0.15, -0.1) is 0 Å². The number of hydrogen-bond donors (Lipinski definition) is 1. The molecule has 2 aromatic carbocycles. The van der Waals surface area contributed by atoms with Crippen LogP contribution in [0, 0.1) is 0 Å². The molecule has 3 aromatic rings. The molecule has 1 N–H and O–H groups in total. The van der Waals surface area contributed by atoms with Gasteiger partial charge in [0.15, 0.2) is 5.13 Å². The smallest absolute Gasteiger partial charge is 0.257 e. The lowest BCUT2D eigenvalue weighted by molar-refractivity contribution is 0.102. The lowest BCUT2D eigenvalue weighted by Crippen LogP contribution is -2.14. The zero-order chi connectivity index (χ0) is 16.4. The minimum absolute atomic E-state index is 0.134. The summed E-state index contributed by atoms with van der Waals surface area (Å²) in [5.74, 6) is -0.134. The molecule has 0 aliphatic heterocycles. The van der Waals surface area contributed by atoms with Gasteiger partial charge >= 0.3 is 0 Å². The number of amides is 1. The van der Waals surface area contributed by atoms with Crippen molar-refractivity contribution >= 4 is 38.3 Å². The minimum Gasteiger partial charge on any atom is -0.378 e. The summed E-state index contributed by atoms with van der Waals surface area (Å²) in [5.41, 5.74) is 3.81. The summed E-state index contributed by atoms with van der Waals surface area (Å²) in [4.78, 5) is 19.0. The number of aryl methyl sites for hydroxylation is 1. The van der Waals surface area contributed by atoms with Crippen LogP contribution in [0.25, 0.3) is 10.2 Å². The summed E-state index contributed by atoms with van der Waals surface area (Å²) < 4.78 is 1.10. The van der Waals surface area contributed by atoms with Crippen LogP contribution in [-0.2, 0) is 6.42 Å². The third-order valence-corrected chi connectivity index (χ3v) is 4.66. The fraction of sp³-hybridized carbons (Fsp3) is 0.222. The summed E-state index contributed by atoms with van der Waals surface area (Å²) in [5, 5.41) is 3.56. The van der Waals surface area contributed by atoms with Crippen molar-refractivity contribution in [2.24, 2.45) is 0 Å². The van der Waals surface area contributed by atoms with Crippen molar-refractivity contribution in [2.45, 2.75) is 13.3 Å². The van der Waals surface area contributed by atoms with E-state index in [1.807, 2.05) is 55.4 Å². The maximum atomic E-state index is 12.5. The zero-order valence-corrected chi connectivity index (χ0v) is 14.3. The Morgan fingerprint density at radius 1 is 1.22 bits per heavy atom. The lowest BCUT2D eigenvalue weighted by Gasteiger charge is -2.13. The molecule has 1 aromatic heterocycles. The number of nitrogens with one attached hydrogen (secondary N) is 1. The van der Waals surface area contributed by atoms with Crippen LogP contribution >= 0.6 is 11.3 Å². The fourth-order valence-corrected chi connectivity index (χ4v) is 3.35. The van der Waals surface area contributed by atoms with Crippen molar-refractivity contribution in [1.82, 2.24) is 4.98 Å². The van der Waals surface area contributed by atoms with Crippen molar-refractivity contribution in [3.8, 4) is 0 Å². The predicted molar refractivity (Wildman–Crippen MR) is 97.7 cm³/mol. The van der Waals surface area contributed by atoms with Gasteiger partial charge in [0, 0.05) is 25.3 Å². The minimum atomic E-state index is -0.134. The van der Waals surface area contributed by atoms with E-state index >= 15 is 0 Å². The molecule has 0 atom stereocenters. The van der Waals surface area contributed by atoms with Gasteiger partial charge in [0.25, 0.3) is 5.91 Å². The van der Waals surface area contributed by atoms with Crippen molar-refractivity contribution in [3.63, 3.8) is 0 Å². The molecular formula is C18H19N3OS. The van der Waals surface area contributed by atoms with Gasteiger partial charge in [-0.05, 0) is 36.2 Å². The second-order valence-electron chi connectivity index (χ2n) is 5.54. The number of anilines is 2. The van der Waals surface area contributed by atoms with E-state index in [1.54, 1.807) is 0 Å². The standard InChI is InChI=1S/C18H19N3OS/c1-4-12-7-6-10-15-16(12)19-18(23-15)20-17(22)13-8-5-9-14(11-13)21(2)3/h5-11H,4H2,1-3H3,(H,19,20,22). The van der Waals surface area contributed by atoms with Gasteiger partial charge in [-0.25, -0.2) is 4.98 Å². The Hall–Kier alpha value is -2.40. The molecule has 23 heavy (non-hydrogen) atoms. The molecule has 4 nitrogen and oxygen atoms in total. The first kappa shape index (κ1) is 15.5. The van der Waals surface area contributed by atoms with E-state index in [1.165, 1.54) is 16.9 Å². The van der Waals surface area contributed by atoms with Crippen molar-refractivity contribution in [2.75, 3.05) is 24.3 Å². The molecular weight excluding hydrogens is 306 g/mol. The Bertz CT molecular complexity index is 854. The second-order valence-corrected chi connectivity index (χ2v) is 6.57. The van der Waals surface area contributed by atoms with Crippen LogP contribution in [0.4, 0.5) is 10.8 Å². The highest BCUT2D eigenvalue weighted by Gasteiger charge is 2.12. The Morgan fingerprint density at radius 2 is 2.00 bits per heavy atom. The van der Waals surface area contributed by atoms with E-state index in [-0.39, 0.29) is 5.91 Å². The number of benzene rings is 2. The fourth-order valence-electron chi connectivity index (χ4n) is 2.44. The summed E-state index contributed by atoms with van der Waals surface area (Å²) in [6, 6.07) is 13.7. The largest absolute Gasteiger partial charge is 0.378 e. The van der Waals surface area contributed by atoms with Crippen molar-refractivity contribution in [1.29, 1.82) is 0 Å². The number of carbonyl (C=O) groups excluding carboxylic acids is 1. The number of thiazole rings is 1. The predicted octanol–water partition coefficient (Wildman–Crippen LogP) is 4.18. The Labute approximate surface area is 139 Å². The number of para-hydroxylation sites is 1. The molecule has 3 rings (SSSR count). The van der Waals surface area contributed by atoms with E-state index in [0.29, 0.717) is 10.7 Å². The second kappa shape index (κ2) is 6.38. The summed E-state index contributed by atoms with van der Waals surface area (Å²) in [6.45, 7) is 2.11. The van der Waals surface area contributed by atoms with Crippen LogP contribution in [0.3, 0.4) is 0 Å². The van der Waals surface area contributed by atoms with Crippen LogP contribution < -0.4 is 10.2 Å². The van der Waals surface area contributed by atoms with Crippen LogP contribution in [-0.4, -0.2) is 25.0 Å². The summed E-state index contributed by atoms with van der Waals surface area (Å²) >= 11 is 1.51. The molecule has 118 valence electrons. The van der Waals surface area contributed by atoms with Gasteiger partial charge in [-0.1, -0.05) is 36.5 Å². The van der Waals surface area contributed by atoms with Crippen LogP contribution in [0.2, 0.25) is 0 Å². The molecule has 1 amide bonds. The van der Waals surface area contributed by atoms with Gasteiger partial charge in [0.05, 0.1) is 10.2 Å². The molecule has 0 unspecified atom stereocenters. The lowest BCUT2D eigenvalue weighted by atomic mass is 10.1. The Morgan fingerprint density at radius 3 is 2.74 bits per heavy atom. The molecule has 0 saturated carbocycles. The van der Waals surface area contributed by atoms with Crippen LogP contribution in [0.5, 0.6) is 0 Å². The van der Waals surface area contributed by atoms with Gasteiger partial charge in [0.2, 0.25) is 0 Å². The Balaban J connectivity index is 1.87. The first-order chi connectivity index (χ1) is 11.1. The third-order valence-electron chi connectivity index (χ3n) is 3.73. The summed E-state index contributed by atoms with van der Waals surface area (Å²) in [6.07, 6.45) is 0.930. The van der Waals surface area contributed by atoms with Crippen molar-refractivity contribution < 1.29 is 4.79 Å². The van der Waals surface area contributed by atoms with Crippen molar-refractivity contribution in [3.05, 3.63) is 53.6 Å². The highest BCUT2D eigenvalue weighted by molar-refractivity contribution is 7.22. The SMILES string of the molecule is CCc1cccc2sc(NC(=O)c3cccc(N(C)C)c3)nc12. The first-order valence-corrected chi connectivity index (χ1v) is 8.37. The quantitative estimate of drug-likeness (QED) is 0.783. The number of rotatable bonds is 4. The van der Waals surface area contributed by atoms with E-state index in [9.17, 15) is 4.79 Å².